The predicted molar refractivity (Wildman–Crippen MR) is 64.1 cm³/mol. The first-order valence-electron chi connectivity index (χ1n) is 5.99. The molecule has 0 aromatic heterocycles. The molecule has 3 rings (SSSR count). The van der Waals surface area contributed by atoms with Crippen molar-refractivity contribution in [2.45, 2.75) is 24.9 Å². The Morgan fingerprint density at radius 3 is 3.11 bits per heavy atom. The number of hydrogen-bond acceptors (Lipinski definition) is 6. The van der Waals surface area contributed by atoms with Gasteiger partial charge >= 0.3 is 0 Å². The van der Waals surface area contributed by atoms with Crippen molar-refractivity contribution in [3.05, 3.63) is 12.3 Å². The number of rotatable bonds is 2. The van der Waals surface area contributed by atoms with Gasteiger partial charge in [-0.3, -0.25) is 15.5 Å². The van der Waals surface area contributed by atoms with Crippen molar-refractivity contribution < 1.29 is 19.7 Å². The zero-order chi connectivity index (χ0) is 13.6. The molecule has 1 saturated heterocycles. The first kappa shape index (κ1) is 12.3. The summed E-state index contributed by atoms with van der Waals surface area (Å²) in [6.45, 7) is -0.262. The van der Waals surface area contributed by atoms with E-state index in [-0.39, 0.29) is 18.5 Å². The highest BCUT2D eigenvalue weighted by Gasteiger charge is 2.43. The van der Waals surface area contributed by atoms with Crippen molar-refractivity contribution in [1.82, 2.24) is 10.2 Å². The van der Waals surface area contributed by atoms with Crippen molar-refractivity contribution in [3.63, 3.8) is 0 Å². The summed E-state index contributed by atoms with van der Waals surface area (Å²) in [6.07, 6.45) is 1.79. The van der Waals surface area contributed by atoms with Gasteiger partial charge in [0.05, 0.1) is 12.7 Å². The fraction of sp³-hybridized carbons (Fsp3) is 0.545. The van der Waals surface area contributed by atoms with E-state index in [0.29, 0.717) is 12.3 Å². The van der Waals surface area contributed by atoms with E-state index in [1.54, 1.807) is 17.2 Å². The molecule has 0 bridgehead atoms. The van der Waals surface area contributed by atoms with Crippen molar-refractivity contribution in [2.24, 2.45) is 10.9 Å². The maximum Gasteiger partial charge on any atom is 0.241 e. The van der Waals surface area contributed by atoms with Crippen LogP contribution in [0.2, 0.25) is 0 Å². The smallest absolute Gasteiger partial charge is 0.241 e. The lowest BCUT2D eigenvalue weighted by Crippen LogP contribution is -2.47. The van der Waals surface area contributed by atoms with Gasteiger partial charge in [-0.2, -0.15) is 4.99 Å². The Bertz CT molecular complexity index is 489. The number of hydrogen-bond donors (Lipinski definition) is 4. The van der Waals surface area contributed by atoms with E-state index < -0.39 is 24.4 Å². The average Bonchev–Trinajstić information content (AvgIpc) is 2.92. The first-order valence-corrected chi connectivity index (χ1v) is 5.99. The van der Waals surface area contributed by atoms with Crippen LogP contribution in [0.3, 0.4) is 0 Å². The zero-order valence-corrected chi connectivity index (χ0v) is 9.98. The summed E-state index contributed by atoms with van der Waals surface area (Å²) in [5.41, 5.74) is 0. The minimum absolute atomic E-state index is 0.206. The topological polar surface area (TPSA) is 118 Å². The summed E-state index contributed by atoms with van der Waals surface area (Å²) in [5.74, 6) is -0.610. The Morgan fingerprint density at radius 1 is 1.63 bits per heavy atom. The lowest BCUT2D eigenvalue weighted by Gasteiger charge is -2.28. The quantitative estimate of drug-likeness (QED) is 0.478. The Labute approximate surface area is 108 Å². The van der Waals surface area contributed by atoms with Gasteiger partial charge in [-0.15, -0.1) is 0 Å². The molecule has 1 unspecified atom stereocenters. The second-order valence-corrected chi connectivity index (χ2v) is 4.65. The van der Waals surface area contributed by atoms with Gasteiger partial charge in [-0.25, -0.2) is 0 Å². The van der Waals surface area contributed by atoms with E-state index in [1.807, 2.05) is 0 Å². The number of amides is 1. The molecule has 1 amide bonds. The SMILES string of the molecule is N=C1N=C2C(C=CN2[C@@H]2C[C@H](O)[C@@H](CO)O2)C(=O)N1. The molecule has 3 aliphatic rings. The molecule has 102 valence electrons. The predicted octanol–water partition coefficient (Wildman–Crippen LogP) is -1.64. The number of aliphatic hydroxyl groups is 2. The molecule has 3 aliphatic heterocycles. The van der Waals surface area contributed by atoms with E-state index in [9.17, 15) is 9.90 Å². The molecular formula is C11H14N4O4. The third-order valence-corrected chi connectivity index (χ3v) is 3.43. The van der Waals surface area contributed by atoms with Crippen LogP contribution in [-0.4, -0.2) is 57.9 Å². The van der Waals surface area contributed by atoms with E-state index in [1.165, 1.54) is 0 Å². The van der Waals surface area contributed by atoms with E-state index >= 15 is 0 Å². The van der Waals surface area contributed by atoms with Gasteiger partial charge in [-0.1, -0.05) is 0 Å². The summed E-state index contributed by atoms with van der Waals surface area (Å²) in [6, 6.07) is 0. The number of aliphatic hydroxyl groups excluding tert-OH is 2. The van der Waals surface area contributed by atoms with Crippen LogP contribution in [0.5, 0.6) is 0 Å². The van der Waals surface area contributed by atoms with Gasteiger partial charge < -0.3 is 19.8 Å². The van der Waals surface area contributed by atoms with Gasteiger partial charge in [0.15, 0.2) is 0 Å². The van der Waals surface area contributed by atoms with Gasteiger partial charge in [0.1, 0.15) is 24.1 Å². The Kier molecular flexibility index (Phi) is 2.85. The van der Waals surface area contributed by atoms with Gasteiger partial charge in [0.2, 0.25) is 11.9 Å². The number of nitrogens with one attached hydrogen (secondary N) is 2. The molecule has 3 heterocycles. The molecule has 4 atom stereocenters. The molecule has 4 N–H and O–H groups in total. The van der Waals surface area contributed by atoms with Crippen LogP contribution in [0.1, 0.15) is 6.42 Å². The summed E-state index contributed by atoms with van der Waals surface area (Å²) in [7, 11) is 0. The number of fused-ring (bicyclic) bond motifs is 1. The lowest BCUT2D eigenvalue weighted by molar-refractivity contribution is -0.120. The number of aliphatic imine (C=N–C) groups is 1. The maximum absolute atomic E-state index is 11.7. The third kappa shape index (κ3) is 1.93. The fourth-order valence-corrected chi connectivity index (χ4v) is 2.46. The fourth-order valence-electron chi connectivity index (χ4n) is 2.46. The molecule has 1 fully saturated rings. The van der Waals surface area contributed by atoms with Crippen LogP contribution < -0.4 is 5.32 Å². The monoisotopic (exact) mass is 266 g/mol. The largest absolute Gasteiger partial charge is 0.394 e. The standard InChI is InChI=1S/C11H14N4O4/c12-11-13-9-5(10(18)14-11)1-2-15(9)8-3-6(17)7(4-16)19-8/h1-2,5-8,16-17H,3-4H2,(H2,12,14,18)/t5?,6-,7+,8-/m0/s1. The van der Waals surface area contributed by atoms with Crippen LogP contribution in [-0.2, 0) is 9.53 Å². The van der Waals surface area contributed by atoms with Crippen molar-refractivity contribution in [1.29, 1.82) is 5.41 Å². The minimum Gasteiger partial charge on any atom is -0.394 e. The van der Waals surface area contributed by atoms with E-state index in [0.717, 1.165) is 0 Å². The highest BCUT2D eigenvalue weighted by molar-refractivity contribution is 6.18. The zero-order valence-electron chi connectivity index (χ0n) is 9.98. The molecule has 8 heteroatoms. The average molecular weight is 266 g/mol. The third-order valence-electron chi connectivity index (χ3n) is 3.43. The Balaban J connectivity index is 1.82. The minimum atomic E-state index is -0.750. The van der Waals surface area contributed by atoms with Gasteiger partial charge in [0, 0.05) is 12.6 Å². The van der Waals surface area contributed by atoms with Crippen molar-refractivity contribution in [2.75, 3.05) is 6.61 Å². The van der Waals surface area contributed by atoms with E-state index in [2.05, 4.69) is 10.3 Å². The maximum atomic E-state index is 11.7. The van der Waals surface area contributed by atoms with Crippen LogP contribution in [0.15, 0.2) is 17.3 Å². The Morgan fingerprint density at radius 2 is 2.42 bits per heavy atom. The molecule has 0 radical (unpaired) electrons. The molecular weight excluding hydrogens is 252 g/mol. The molecule has 0 spiro atoms. The summed E-state index contributed by atoms with van der Waals surface area (Å²) in [5, 5.41) is 28.6. The summed E-state index contributed by atoms with van der Waals surface area (Å²) >= 11 is 0. The lowest BCUT2D eigenvalue weighted by atomic mass is 10.1. The second-order valence-electron chi connectivity index (χ2n) is 4.65. The van der Waals surface area contributed by atoms with Crippen molar-refractivity contribution in [3.8, 4) is 0 Å². The molecule has 19 heavy (non-hydrogen) atoms. The normalized spacial score (nSPS) is 37.4. The summed E-state index contributed by atoms with van der Waals surface area (Å²) < 4.78 is 5.52. The number of carbonyl (C=O) groups is 1. The molecule has 0 aromatic rings. The molecule has 0 aromatic carbocycles. The van der Waals surface area contributed by atoms with Gasteiger partial charge in [0.25, 0.3) is 0 Å². The number of nitrogens with zero attached hydrogens (tertiary/aromatic N) is 2. The highest BCUT2D eigenvalue weighted by atomic mass is 16.5. The Hall–Kier alpha value is -1.77. The first-order chi connectivity index (χ1) is 9.10. The molecule has 8 nitrogen and oxygen atoms in total. The number of carbonyl (C=O) groups excluding carboxylic acids is 1. The summed E-state index contributed by atoms with van der Waals surface area (Å²) in [4.78, 5) is 17.3. The van der Waals surface area contributed by atoms with Crippen LogP contribution >= 0.6 is 0 Å². The number of ether oxygens (including phenoxy) is 1. The van der Waals surface area contributed by atoms with Crippen LogP contribution in [0, 0.1) is 11.3 Å². The van der Waals surface area contributed by atoms with E-state index in [4.69, 9.17) is 15.3 Å². The van der Waals surface area contributed by atoms with Gasteiger partial charge in [-0.05, 0) is 6.08 Å². The highest BCUT2D eigenvalue weighted by Crippen LogP contribution is 2.29. The number of guanidine groups is 1. The second kappa shape index (κ2) is 4.41. The number of amidine groups is 1. The van der Waals surface area contributed by atoms with Crippen LogP contribution in [0.25, 0.3) is 0 Å². The molecule has 0 saturated carbocycles. The van der Waals surface area contributed by atoms with Crippen LogP contribution in [0.4, 0.5) is 0 Å². The molecule has 0 aliphatic carbocycles. The van der Waals surface area contributed by atoms with Crippen molar-refractivity contribution >= 4 is 17.7 Å².